The fourth-order valence-electron chi connectivity index (χ4n) is 3.03. The van der Waals surface area contributed by atoms with E-state index in [1.54, 1.807) is 7.11 Å². The summed E-state index contributed by atoms with van der Waals surface area (Å²) >= 11 is 0. The summed E-state index contributed by atoms with van der Waals surface area (Å²) in [6, 6.07) is 6.17. The molecule has 27 heavy (non-hydrogen) atoms. The molecule has 2 N–H and O–H groups in total. The first kappa shape index (κ1) is 23.3. The molecule has 0 saturated heterocycles. The Morgan fingerprint density at radius 3 is 2.59 bits per heavy atom. The van der Waals surface area contributed by atoms with Gasteiger partial charge in [0.25, 0.3) is 0 Å². The number of hydrogen-bond acceptors (Lipinski definition) is 4. The van der Waals surface area contributed by atoms with Gasteiger partial charge in [-0.25, -0.2) is 4.99 Å². The Bertz CT molecular complexity index is 739. The molecule has 1 atom stereocenters. The van der Waals surface area contributed by atoms with Crippen LogP contribution in [0.5, 0.6) is 5.75 Å². The maximum absolute atomic E-state index is 5.46. The topological polar surface area (TPSA) is 71.7 Å². The average Bonchev–Trinajstić information content (AvgIpc) is 2.96. The Balaban J connectivity index is 0.00000364. The molecule has 0 aliphatic rings. The second-order valence-electron chi connectivity index (χ2n) is 6.53. The van der Waals surface area contributed by atoms with Crippen LogP contribution in [0.1, 0.15) is 47.9 Å². The monoisotopic (exact) mass is 486 g/mol. The molecule has 0 saturated carbocycles. The molecule has 6 nitrogen and oxygen atoms in total. The number of benzene rings is 1. The summed E-state index contributed by atoms with van der Waals surface area (Å²) in [6.07, 6.45) is 0. The first-order chi connectivity index (χ1) is 12.5. The number of ether oxygens (including phenoxy) is 1. The average molecular weight is 486 g/mol. The zero-order valence-electron chi connectivity index (χ0n) is 17.0. The van der Waals surface area contributed by atoms with Crippen LogP contribution in [0.2, 0.25) is 0 Å². The van der Waals surface area contributed by atoms with Gasteiger partial charge in [0.1, 0.15) is 11.5 Å². The summed E-state index contributed by atoms with van der Waals surface area (Å²) in [5.41, 5.74) is 4.35. The van der Waals surface area contributed by atoms with Gasteiger partial charge in [-0.2, -0.15) is 0 Å². The molecule has 1 unspecified atom stereocenters. The molecule has 2 rings (SSSR count). The van der Waals surface area contributed by atoms with Crippen molar-refractivity contribution >= 4 is 29.9 Å². The molecule has 0 fully saturated rings. The van der Waals surface area contributed by atoms with Crippen LogP contribution in [0.15, 0.2) is 27.7 Å². The molecule has 0 spiro atoms. The van der Waals surface area contributed by atoms with Gasteiger partial charge in [-0.3, -0.25) is 0 Å². The van der Waals surface area contributed by atoms with Crippen molar-refractivity contribution in [2.45, 2.75) is 47.1 Å². The van der Waals surface area contributed by atoms with E-state index >= 15 is 0 Å². The first-order valence-corrected chi connectivity index (χ1v) is 9.04. The lowest BCUT2D eigenvalue weighted by Gasteiger charge is -2.16. The van der Waals surface area contributed by atoms with Crippen LogP contribution in [0.25, 0.3) is 0 Å². The number of nitrogens with one attached hydrogen (secondary N) is 2. The van der Waals surface area contributed by atoms with E-state index in [1.807, 2.05) is 19.9 Å². The minimum atomic E-state index is 0. The van der Waals surface area contributed by atoms with Crippen LogP contribution in [0.4, 0.5) is 0 Å². The highest BCUT2D eigenvalue weighted by Crippen LogP contribution is 2.22. The zero-order valence-corrected chi connectivity index (χ0v) is 19.4. The van der Waals surface area contributed by atoms with E-state index in [0.29, 0.717) is 6.54 Å². The van der Waals surface area contributed by atoms with Crippen molar-refractivity contribution in [3.63, 3.8) is 0 Å². The van der Waals surface area contributed by atoms with E-state index in [9.17, 15) is 0 Å². The third-order valence-electron chi connectivity index (χ3n) is 4.35. The van der Waals surface area contributed by atoms with Crippen molar-refractivity contribution in [3.05, 3.63) is 46.3 Å². The Morgan fingerprint density at radius 2 is 2.00 bits per heavy atom. The minimum Gasteiger partial charge on any atom is -0.496 e. The van der Waals surface area contributed by atoms with Gasteiger partial charge >= 0.3 is 0 Å². The maximum Gasteiger partial charge on any atom is 0.191 e. The van der Waals surface area contributed by atoms with Crippen LogP contribution >= 0.6 is 24.0 Å². The highest BCUT2D eigenvalue weighted by molar-refractivity contribution is 14.0. The molecule has 1 aromatic carbocycles. The lowest BCUT2D eigenvalue weighted by atomic mass is 10.00. The van der Waals surface area contributed by atoms with E-state index in [2.05, 4.69) is 48.7 Å². The molecule has 0 radical (unpaired) electrons. The molecule has 0 aliphatic carbocycles. The molecule has 1 heterocycles. The highest BCUT2D eigenvalue weighted by Gasteiger charge is 2.16. The molecular weight excluding hydrogens is 455 g/mol. The number of guanidine groups is 1. The van der Waals surface area contributed by atoms with Gasteiger partial charge in [0, 0.05) is 30.1 Å². The van der Waals surface area contributed by atoms with Gasteiger partial charge < -0.3 is 19.9 Å². The molecular formula is C20H31IN4O2. The predicted molar refractivity (Wildman–Crippen MR) is 120 cm³/mol. The van der Waals surface area contributed by atoms with Gasteiger partial charge in [0.2, 0.25) is 0 Å². The standard InChI is InChI=1S/C20H30N4O2.HI/c1-7-21-20(22-11-14(3)19-15(4)24-26-16(19)5)23-12-17-9-8-13(2)10-18(17)25-6;/h8-10,14H,7,11-12H2,1-6H3,(H2,21,22,23);1H. The third-order valence-corrected chi connectivity index (χ3v) is 4.35. The summed E-state index contributed by atoms with van der Waals surface area (Å²) in [6.45, 7) is 12.3. The summed E-state index contributed by atoms with van der Waals surface area (Å²) in [7, 11) is 1.69. The first-order valence-electron chi connectivity index (χ1n) is 9.04. The second kappa shape index (κ2) is 11.2. The van der Waals surface area contributed by atoms with Crippen molar-refractivity contribution in [2.24, 2.45) is 4.99 Å². The van der Waals surface area contributed by atoms with Crippen molar-refractivity contribution in [3.8, 4) is 5.75 Å². The number of hydrogen-bond donors (Lipinski definition) is 2. The SMILES string of the molecule is CCNC(=NCc1ccc(C)cc1OC)NCC(C)c1c(C)noc1C.I. The Labute approximate surface area is 179 Å². The third kappa shape index (κ3) is 6.41. The van der Waals surface area contributed by atoms with Crippen LogP contribution in [0, 0.1) is 20.8 Å². The van der Waals surface area contributed by atoms with Crippen LogP contribution in [-0.2, 0) is 6.54 Å². The number of nitrogens with zero attached hydrogens (tertiary/aromatic N) is 2. The van der Waals surface area contributed by atoms with Crippen molar-refractivity contribution in [1.29, 1.82) is 0 Å². The molecule has 1 aromatic heterocycles. The molecule has 0 amide bonds. The predicted octanol–water partition coefficient (Wildman–Crippen LogP) is 4.09. The number of aryl methyl sites for hydroxylation is 3. The van der Waals surface area contributed by atoms with E-state index in [-0.39, 0.29) is 29.9 Å². The fourth-order valence-corrected chi connectivity index (χ4v) is 3.03. The second-order valence-corrected chi connectivity index (χ2v) is 6.53. The number of methoxy groups -OCH3 is 1. The minimum absolute atomic E-state index is 0. The number of aliphatic imine (C=N–C) groups is 1. The van der Waals surface area contributed by atoms with E-state index in [1.165, 1.54) is 5.56 Å². The van der Waals surface area contributed by atoms with E-state index < -0.39 is 0 Å². The van der Waals surface area contributed by atoms with Gasteiger partial charge in [-0.05, 0) is 39.3 Å². The van der Waals surface area contributed by atoms with Crippen molar-refractivity contribution in [2.75, 3.05) is 20.2 Å². The van der Waals surface area contributed by atoms with Gasteiger partial charge in [0.15, 0.2) is 5.96 Å². The number of aromatic nitrogens is 1. The maximum atomic E-state index is 5.46. The molecule has 7 heteroatoms. The van der Waals surface area contributed by atoms with Gasteiger partial charge in [0.05, 0.1) is 19.3 Å². The summed E-state index contributed by atoms with van der Waals surface area (Å²) in [4.78, 5) is 4.70. The summed E-state index contributed by atoms with van der Waals surface area (Å²) in [5.74, 6) is 2.81. The zero-order chi connectivity index (χ0) is 19.1. The molecule has 150 valence electrons. The Kier molecular flexibility index (Phi) is 9.62. The lowest BCUT2D eigenvalue weighted by Crippen LogP contribution is -2.39. The van der Waals surface area contributed by atoms with Crippen LogP contribution in [-0.4, -0.2) is 31.3 Å². The summed E-state index contributed by atoms with van der Waals surface area (Å²) in [5, 5.41) is 10.7. The lowest BCUT2D eigenvalue weighted by molar-refractivity contribution is 0.391. The highest BCUT2D eigenvalue weighted by atomic mass is 127. The van der Waals surface area contributed by atoms with Gasteiger partial charge in [-0.1, -0.05) is 24.2 Å². The van der Waals surface area contributed by atoms with E-state index in [4.69, 9.17) is 14.3 Å². The van der Waals surface area contributed by atoms with E-state index in [0.717, 1.165) is 47.4 Å². The normalized spacial score (nSPS) is 12.3. The number of halogens is 1. The molecule has 2 aromatic rings. The smallest absolute Gasteiger partial charge is 0.191 e. The van der Waals surface area contributed by atoms with Crippen molar-refractivity contribution in [1.82, 2.24) is 15.8 Å². The van der Waals surface area contributed by atoms with Gasteiger partial charge in [-0.15, -0.1) is 24.0 Å². The summed E-state index contributed by atoms with van der Waals surface area (Å²) < 4.78 is 10.7. The molecule has 0 bridgehead atoms. The number of rotatable bonds is 7. The molecule has 0 aliphatic heterocycles. The quantitative estimate of drug-likeness (QED) is 0.351. The largest absolute Gasteiger partial charge is 0.496 e. The Hall–Kier alpha value is -1.77. The fraction of sp³-hybridized carbons (Fsp3) is 0.500. The van der Waals surface area contributed by atoms with Crippen molar-refractivity contribution < 1.29 is 9.26 Å². The Morgan fingerprint density at radius 1 is 1.26 bits per heavy atom. The van der Waals surface area contributed by atoms with Crippen LogP contribution < -0.4 is 15.4 Å². The van der Waals surface area contributed by atoms with Crippen LogP contribution in [0.3, 0.4) is 0 Å².